The minimum absolute atomic E-state index is 0.0125. The largest absolute Gasteiger partial charge is 0.495 e. The quantitative estimate of drug-likeness (QED) is 0.885. The summed E-state index contributed by atoms with van der Waals surface area (Å²) in [7, 11) is 1.52. The van der Waals surface area contributed by atoms with Crippen molar-refractivity contribution in [3.63, 3.8) is 0 Å². The predicted octanol–water partition coefficient (Wildman–Crippen LogP) is 2.55. The van der Waals surface area contributed by atoms with Crippen LogP contribution in [0.4, 0.5) is 5.69 Å². The van der Waals surface area contributed by atoms with Crippen molar-refractivity contribution in [1.82, 2.24) is 0 Å². The smallest absolute Gasteiger partial charge is 0.227 e. The summed E-state index contributed by atoms with van der Waals surface area (Å²) in [6.45, 7) is 1.93. The number of ether oxygens (including phenoxy) is 1. The Balaban J connectivity index is 2.21. The first kappa shape index (κ1) is 12.4. The molecule has 18 heavy (non-hydrogen) atoms. The molecule has 94 valence electrons. The average molecular weight is 244 g/mol. The number of nitrogens with zero attached hydrogens (tertiary/aromatic N) is 1. The van der Waals surface area contributed by atoms with Crippen LogP contribution in [0.5, 0.6) is 5.75 Å². The number of nitriles is 1. The molecule has 0 aromatic heterocycles. The molecule has 0 bridgehead atoms. The van der Waals surface area contributed by atoms with E-state index in [9.17, 15) is 4.79 Å². The number of anilines is 1. The number of amides is 1. The standard InChI is InChI=1S/C14H16N2O2/c1-9(10-6-7-10)14(17)16-13-11(8-15)4-3-5-12(13)18-2/h3-5,9-10H,6-7H2,1-2H3,(H,16,17). The molecule has 1 fully saturated rings. The second kappa shape index (κ2) is 5.09. The van der Waals surface area contributed by atoms with E-state index in [-0.39, 0.29) is 11.8 Å². The summed E-state index contributed by atoms with van der Waals surface area (Å²) >= 11 is 0. The Hall–Kier alpha value is -2.02. The molecular formula is C14H16N2O2. The minimum Gasteiger partial charge on any atom is -0.495 e. The average Bonchev–Trinajstić information content (AvgIpc) is 3.22. The Labute approximate surface area is 107 Å². The summed E-state index contributed by atoms with van der Waals surface area (Å²) in [5.41, 5.74) is 0.894. The summed E-state index contributed by atoms with van der Waals surface area (Å²) in [5, 5.41) is 11.9. The summed E-state index contributed by atoms with van der Waals surface area (Å²) in [6.07, 6.45) is 2.23. The Morgan fingerprint density at radius 3 is 2.83 bits per heavy atom. The maximum Gasteiger partial charge on any atom is 0.227 e. The first-order chi connectivity index (χ1) is 8.67. The Kier molecular flexibility index (Phi) is 3.52. The summed E-state index contributed by atoms with van der Waals surface area (Å²) in [5.74, 6) is 0.954. The Bertz CT molecular complexity index is 501. The van der Waals surface area contributed by atoms with Gasteiger partial charge in [-0.3, -0.25) is 4.79 Å². The van der Waals surface area contributed by atoms with Crippen LogP contribution in [0.25, 0.3) is 0 Å². The molecule has 0 aliphatic heterocycles. The number of para-hydroxylation sites is 1. The van der Waals surface area contributed by atoms with E-state index < -0.39 is 0 Å². The number of nitrogens with one attached hydrogen (secondary N) is 1. The zero-order chi connectivity index (χ0) is 13.1. The van der Waals surface area contributed by atoms with Crippen LogP contribution in [0.2, 0.25) is 0 Å². The van der Waals surface area contributed by atoms with Gasteiger partial charge in [-0.25, -0.2) is 0 Å². The highest BCUT2D eigenvalue weighted by molar-refractivity contribution is 5.95. The van der Waals surface area contributed by atoms with E-state index in [2.05, 4.69) is 11.4 Å². The number of carbonyl (C=O) groups is 1. The summed E-state index contributed by atoms with van der Waals surface area (Å²) in [6, 6.07) is 7.20. The molecule has 1 aliphatic carbocycles. The lowest BCUT2D eigenvalue weighted by molar-refractivity contribution is -0.119. The van der Waals surface area contributed by atoms with Crippen LogP contribution < -0.4 is 10.1 Å². The van der Waals surface area contributed by atoms with Crippen LogP contribution in [0, 0.1) is 23.2 Å². The molecule has 1 aromatic rings. The molecule has 2 rings (SSSR count). The van der Waals surface area contributed by atoms with Crippen LogP contribution in [0.1, 0.15) is 25.3 Å². The van der Waals surface area contributed by atoms with Gasteiger partial charge >= 0.3 is 0 Å². The van der Waals surface area contributed by atoms with Crippen molar-refractivity contribution < 1.29 is 9.53 Å². The van der Waals surface area contributed by atoms with E-state index in [1.54, 1.807) is 18.2 Å². The highest BCUT2D eigenvalue weighted by Crippen LogP contribution is 2.37. The van der Waals surface area contributed by atoms with Crippen molar-refractivity contribution in [2.75, 3.05) is 12.4 Å². The van der Waals surface area contributed by atoms with Gasteiger partial charge in [0.15, 0.2) is 0 Å². The number of carbonyl (C=O) groups excluding carboxylic acids is 1. The van der Waals surface area contributed by atoms with Crippen LogP contribution >= 0.6 is 0 Å². The van der Waals surface area contributed by atoms with E-state index in [0.717, 1.165) is 12.8 Å². The highest BCUT2D eigenvalue weighted by atomic mass is 16.5. The molecule has 0 saturated heterocycles. The van der Waals surface area contributed by atoms with Gasteiger partial charge in [-0.1, -0.05) is 13.0 Å². The fourth-order valence-corrected chi connectivity index (χ4v) is 1.97. The van der Waals surface area contributed by atoms with Gasteiger partial charge in [-0.2, -0.15) is 5.26 Å². The molecular weight excluding hydrogens is 228 g/mol. The maximum absolute atomic E-state index is 12.1. The van der Waals surface area contributed by atoms with Crippen LogP contribution in [0.15, 0.2) is 18.2 Å². The summed E-state index contributed by atoms with van der Waals surface area (Å²) in [4.78, 5) is 12.1. The molecule has 1 aromatic carbocycles. The molecule has 1 saturated carbocycles. The Morgan fingerprint density at radius 1 is 1.56 bits per heavy atom. The molecule has 4 heteroatoms. The lowest BCUT2D eigenvalue weighted by Crippen LogP contribution is -2.22. The number of hydrogen-bond donors (Lipinski definition) is 1. The van der Waals surface area contributed by atoms with Gasteiger partial charge in [0.05, 0.1) is 12.7 Å². The number of hydrogen-bond acceptors (Lipinski definition) is 3. The second-order valence-electron chi connectivity index (χ2n) is 4.61. The number of rotatable bonds is 4. The maximum atomic E-state index is 12.1. The van der Waals surface area contributed by atoms with E-state index in [1.165, 1.54) is 7.11 Å². The van der Waals surface area contributed by atoms with Crippen molar-refractivity contribution >= 4 is 11.6 Å². The normalized spacial score (nSPS) is 15.6. The number of benzene rings is 1. The third kappa shape index (κ3) is 2.45. The highest BCUT2D eigenvalue weighted by Gasteiger charge is 2.33. The Morgan fingerprint density at radius 2 is 2.28 bits per heavy atom. The van der Waals surface area contributed by atoms with Gasteiger partial charge in [0, 0.05) is 5.92 Å². The van der Waals surface area contributed by atoms with Crippen LogP contribution in [0.3, 0.4) is 0 Å². The molecule has 4 nitrogen and oxygen atoms in total. The van der Waals surface area contributed by atoms with Gasteiger partial charge in [0.1, 0.15) is 17.5 Å². The van der Waals surface area contributed by atoms with Gasteiger partial charge < -0.3 is 10.1 Å². The summed E-state index contributed by atoms with van der Waals surface area (Å²) < 4.78 is 5.18. The van der Waals surface area contributed by atoms with Crippen molar-refractivity contribution in [1.29, 1.82) is 5.26 Å². The van der Waals surface area contributed by atoms with Crippen LogP contribution in [-0.2, 0) is 4.79 Å². The van der Waals surface area contributed by atoms with Gasteiger partial charge in [-0.15, -0.1) is 0 Å². The monoisotopic (exact) mass is 244 g/mol. The van der Waals surface area contributed by atoms with Gasteiger partial charge in [0.25, 0.3) is 0 Å². The van der Waals surface area contributed by atoms with Gasteiger partial charge in [0.2, 0.25) is 5.91 Å². The van der Waals surface area contributed by atoms with Crippen molar-refractivity contribution in [2.24, 2.45) is 11.8 Å². The molecule has 0 heterocycles. The van der Waals surface area contributed by atoms with E-state index >= 15 is 0 Å². The molecule has 0 radical (unpaired) electrons. The lowest BCUT2D eigenvalue weighted by atomic mass is 10.1. The van der Waals surface area contributed by atoms with Crippen LogP contribution in [-0.4, -0.2) is 13.0 Å². The fraction of sp³-hybridized carbons (Fsp3) is 0.429. The van der Waals surface area contributed by atoms with Crippen molar-refractivity contribution in [2.45, 2.75) is 19.8 Å². The van der Waals surface area contributed by atoms with Crippen molar-refractivity contribution in [3.8, 4) is 11.8 Å². The molecule has 1 unspecified atom stereocenters. The van der Waals surface area contributed by atoms with Crippen molar-refractivity contribution in [3.05, 3.63) is 23.8 Å². The SMILES string of the molecule is COc1cccc(C#N)c1NC(=O)C(C)C1CC1. The topological polar surface area (TPSA) is 62.1 Å². The molecule has 1 atom stereocenters. The third-order valence-corrected chi connectivity index (χ3v) is 3.36. The van der Waals surface area contributed by atoms with E-state index in [4.69, 9.17) is 10.00 Å². The molecule has 1 amide bonds. The zero-order valence-corrected chi connectivity index (χ0v) is 10.6. The molecule has 1 N–H and O–H groups in total. The predicted molar refractivity (Wildman–Crippen MR) is 68.2 cm³/mol. The lowest BCUT2D eigenvalue weighted by Gasteiger charge is -2.14. The molecule has 0 spiro atoms. The van der Waals surface area contributed by atoms with E-state index in [0.29, 0.717) is 22.9 Å². The first-order valence-corrected chi connectivity index (χ1v) is 6.05. The third-order valence-electron chi connectivity index (χ3n) is 3.36. The molecule has 1 aliphatic rings. The fourth-order valence-electron chi connectivity index (χ4n) is 1.97. The van der Waals surface area contributed by atoms with Gasteiger partial charge in [-0.05, 0) is 30.9 Å². The second-order valence-corrected chi connectivity index (χ2v) is 4.61. The number of methoxy groups -OCH3 is 1. The van der Waals surface area contributed by atoms with E-state index in [1.807, 2.05) is 6.92 Å². The minimum atomic E-state index is -0.0431. The zero-order valence-electron chi connectivity index (χ0n) is 10.6. The first-order valence-electron chi connectivity index (χ1n) is 6.05.